The number of hydrogen-bond donors (Lipinski definition) is 2. The fourth-order valence-electron chi connectivity index (χ4n) is 10.1. The van der Waals surface area contributed by atoms with Crippen LogP contribution in [-0.2, 0) is 32.2 Å². The Balaban J connectivity index is 0.000000233. The van der Waals surface area contributed by atoms with Crippen LogP contribution in [0.25, 0.3) is 21.5 Å². The number of carbonyl (C=O) groups excluding carboxylic acids is 4. The quantitative estimate of drug-likeness (QED) is 0.0129. The molecule has 0 spiro atoms. The second kappa shape index (κ2) is 38.1. The lowest BCUT2D eigenvalue weighted by molar-refractivity contribution is -0.139. The van der Waals surface area contributed by atoms with Gasteiger partial charge in [-0.25, -0.2) is 19.2 Å². The Bertz CT molecular complexity index is 4460. The summed E-state index contributed by atoms with van der Waals surface area (Å²) >= 11 is 0. The van der Waals surface area contributed by atoms with Gasteiger partial charge in [0.25, 0.3) is 0 Å². The topological polar surface area (TPSA) is 222 Å². The summed E-state index contributed by atoms with van der Waals surface area (Å²) in [5, 5.41) is 36.8. The molecule has 18 nitrogen and oxygen atoms in total. The van der Waals surface area contributed by atoms with Crippen molar-refractivity contribution in [3.8, 4) is 23.0 Å². The van der Waals surface area contributed by atoms with Crippen molar-refractivity contribution < 1.29 is 47.6 Å². The molecule has 0 saturated heterocycles. The number of aryl methyl sites for hydroxylation is 1. The van der Waals surface area contributed by atoms with Crippen molar-refractivity contribution in [3.05, 3.63) is 271 Å². The van der Waals surface area contributed by atoms with Crippen molar-refractivity contribution in [3.63, 3.8) is 0 Å². The third-order valence-corrected chi connectivity index (χ3v) is 15.6. The molecule has 0 aliphatic carbocycles. The maximum atomic E-state index is 12.8. The first-order valence-corrected chi connectivity index (χ1v) is 33.3. The van der Waals surface area contributed by atoms with Crippen molar-refractivity contribution in [1.82, 2.24) is 0 Å². The van der Waals surface area contributed by atoms with Gasteiger partial charge >= 0.3 is 23.9 Å². The van der Waals surface area contributed by atoms with E-state index in [1.165, 1.54) is 5.56 Å². The average molecular weight is 1340 g/mol. The Morgan fingerprint density at radius 2 is 0.720 bits per heavy atom. The third kappa shape index (κ3) is 22.9. The number of carbonyl (C=O) groups is 4. The summed E-state index contributed by atoms with van der Waals surface area (Å²) in [5.74, 6) is 0.746. The molecule has 0 aliphatic heterocycles. The number of benzene rings is 10. The largest absolute Gasteiger partial charge is 0.494 e. The van der Waals surface area contributed by atoms with E-state index in [2.05, 4.69) is 66.6 Å². The van der Waals surface area contributed by atoms with Gasteiger partial charge in [0.05, 0.1) is 66.0 Å². The number of unbranched alkanes of at least 4 members (excludes halogenated alkanes) is 6. The summed E-state index contributed by atoms with van der Waals surface area (Å²) in [5.41, 5.74) is 10.8. The van der Waals surface area contributed by atoms with Crippen molar-refractivity contribution in [2.75, 3.05) is 44.1 Å². The Hall–Kier alpha value is -11.9. The predicted molar refractivity (Wildman–Crippen MR) is 394 cm³/mol. The fourth-order valence-corrected chi connectivity index (χ4v) is 10.1. The molecule has 0 atom stereocenters. The van der Waals surface area contributed by atoms with Gasteiger partial charge in [-0.05, 0) is 217 Å². The summed E-state index contributed by atoms with van der Waals surface area (Å²) in [6, 6.07) is 68.3. The van der Waals surface area contributed by atoms with Crippen LogP contribution in [0.1, 0.15) is 103 Å². The molecule has 0 heterocycles. The lowest BCUT2D eigenvalue weighted by Crippen LogP contribution is -2.08. The Kier molecular flexibility index (Phi) is 27.6. The van der Waals surface area contributed by atoms with E-state index in [1.54, 1.807) is 93.7 Å². The lowest BCUT2D eigenvalue weighted by Gasteiger charge is -2.12. The molecule has 0 amide bonds. The van der Waals surface area contributed by atoms with Gasteiger partial charge in [-0.2, -0.15) is 20.5 Å². The molecule has 0 aliphatic rings. The van der Waals surface area contributed by atoms with E-state index in [9.17, 15) is 19.2 Å². The summed E-state index contributed by atoms with van der Waals surface area (Å²) < 4.78 is 33.0. The van der Waals surface area contributed by atoms with Crippen LogP contribution in [0, 0.1) is 6.92 Å². The third-order valence-electron chi connectivity index (χ3n) is 15.6. The summed E-state index contributed by atoms with van der Waals surface area (Å²) in [7, 11) is 1.63. The molecular formula is C82H82N8O10. The van der Waals surface area contributed by atoms with Crippen molar-refractivity contribution in [2.24, 2.45) is 30.7 Å². The number of esters is 4. The average Bonchev–Trinajstić information content (AvgIpc) is 0.821. The van der Waals surface area contributed by atoms with Crippen LogP contribution in [-0.4, -0.2) is 57.4 Å². The van der Waals surface area contributed by atoms with Crippen molar-refractivity contribution in [1.29, 1.82) is 0 Å². The molecule has 0 fully saturated rings. The highest BCUT2D eigenvalue weighted by molar-refractivity contribution is 6.02. The molecule has 2 N–H and O–H groups in total. The fraction of sp³-hybridized carbons (Fsp3) is 0.220. The number of hydrogen-bond acceptors (Lipinski definition) is 18. The van der Waals surface area contributed by atoms with Crippen LogP contribution in [0.5, 0.6) is 23.0 Å². The standard InChI is InChI=1S/C41H41N5O5.C41H41N3O5/c1-29(2)40(47)50-27-9-5-4-8-26-49-34-22-14-31(15-23-34)41(48)51-35-20-12-30(13-21-35)28-43-38-24-25-39(37-11-7-6-10-36(37)38)46-45-33-18-16-32(17-19-33)44-42-3;1-29(2)40(45)48-27-9-5-4-8-26-47-34-22-16-32(17-23-34)41(46)49-35-20-14-31(15-21-35)28-42-38-24-25-39(37-11-7-6-10-36(37)38)44-43-33-18-12-30(3)13-19-33/h6-7,10-25,43H,1,4-5,8-9,26-28H2,2-3H3;6-7,10-25,42H,1,4-5,8-9,26-28H2,2-3H3. The van der Waals surface area contributed by atoms with Gasteiger partial charge in [0.15, 0.2) is 0 Å². The van der Waals surface area contributed by atoms with E-state index < -0.39 is 11.9 Å². The minimum absolute atomic E-state index is 0.343. The maximum Gasteiger partial charge on any atom is 0.343 e. The van der Waals surface area contributed by atoms with Crippen LogP contribution in [0.4, 0.5) is 39.8 Å². The number of rotatable bonds is 33. The van der Waals surface area contributed by atoms with Gasteiger partial charge in [-0.1, -0.05) is 104 Å². The SMILES string of the molecule is C=C(C)C(=O)OCCCCCCOc1ccc(C(=O)Oc2ccc(CNc3ccc(N=Nc4ccc(C)cc4)c4ccccc34)cc2)cc1.C=C(C)C(=O)OCCCCCCOc1ccc(C(=O)Oc2ccc(CNc3ccc(N=Nc4ccc(N=NC)cc4)c4ccccc34)cc2)cc1. The lowest BCUT2D eigenvalue weighted by atomic mass is 10.1. The number of anilines is 2. The molecule has 510 valence electrons. The molecular weight excluding hydrogens is 1260 g/mol. The van der Waals surface area contributed by atoms with E-state index in [0.717, 1.165) is 124 Å². The highest BCUT2D eigenvalue weighted by atomic mass is 16.5. The summed E-state index contributed by atoms with van der Waals surface area (Å²) in [6.45, 7) is 15.6. The molecule has 0 saturated carbocycles. The number of azo groups is 3. The molecule has 10 aromatic carbocycles. The van der Waals surface area contributed by atoms with Gasteiger partial charge in [0.2, 0.25) is 0 Å². The molecule has 0 radical (unpaired) electrons. The van der Waals surface area contributed by atoms with E-state index in [1.807, 2.05) is 140 Å². The van der Waals surface area contributed by atoms with E-state index in [0.29, 0.717) is 84.8 Å². The minimum Gasteiger partial charge on any atom is -0.494 e. The first-order chi connectivity index (χ1) is 48.7. The normalized spacial score (nSPS) is 11.1. The molecule has 18 heteroatoms. The molecule has 10 rings (SSSR count). The van der Waals surface area contributed by atoms with Crippen LogP contribution in [0.15, 0.2) is 273 Å². The molecule has 0 bridgehead atoms. The monoisotopic (exact) mass is 1340 g/mol. The van der Waals surface area contributed by atoms with E-state index in [-0.39, 0.29) is 11.9 Å². The molecule has 0 unspecified atom stereocenters. The minimum atomic E-state index is -0.441. The van der Waals surface area contributed by atoms with Gasteiger partial charge in [0, 0.05) is 64.2 Å². The summed E-state index contributed by atoms with van der Waals surface area (Å²) in [4.78, 5) is 48.3. The smallest absolute Gasteiger partial charge is 0.343 e. The summed E-state index contributed by atoms with van der Waals surface area (Å²) in [6.07, 6.45) is 7.21. The number of nitrogens with one attached hydrogen (secondary N) is 2. The first-order valence-electron chi connectivity index (χ1n) is 33.3. The molecule has 100 heavy (non-hydrogen) atoms. The van der Waals surface area contributed by atoms with Crippen molar-refractivity contribution >= 4 is 85.2 Å². The van der Waals surface area contributed by atoms with Crippen LogP contribution in [0.3, 0.4) is 0 Å². The molecule has 0 aromatic heterocycles. The number of ether oxygens (including phenoxy) is 6. The van der Waals surface area contributed by atoms with Crippen LogP contribution in [0.2, 0.25) is 0 Å². The molecule has 10 aromatic rings. The van der Waals surface area contributed by atoms with E-state index >= 15 is 0 Å². The highest BCUT2D eigenvalue weighted by Crippen LogP contribution is 2.36. The Labute approximate surface area is 583 Å². The van der Waals surface area contributed by atoms with Crippen molar-refractivity contribution in [2.45, 2.75) is 85.2 Å². The van der Waals surface area contributed by atoms with Crippen LogP contribution < -0.4 is 29.6 Å². The zero-order chi connectivity index (χ0) is 70.3. The van der Waals surface area contributed by atoms with Gasteiger partial charge in [-0.3, -0.25) is 0 Å². The Morgan fingerprint density at radius 3 is 1.10 bits per heavy atom. The zero-order valence-electron chi connectivity index (χ0n) is 56.9. The second-order valence-electron chi connectivity index (χ2n) is 23.6. The van der Waals surface area contributed by atoms with E-state index in [4.69, 9.17) is 28.4 Å². The van der Waals surface area contributed by atoms with Gasteiger partial charge in [0.1, 0.15) is 23.0 Å². The first kappa shape index (κ1) is 72.4. The number of fused-ring (bicyclic) bond motifs is 2. The van der Waals surface area contributed by atoms with Crippen LogP contribution >= 0.6 is 0 Å². The second-order valence-corrected chi connectivity index (χ2v) is 23.6. The predicted octanol–water partition coefficient (Wildman–Crippen LogP) is 21.3. The highest BCUT2D eigenvalue weighted by Gasteiger charge is 2.14. The number of nitrogens with zero attached hydrogens (tertiary/aromatic N) is 6. The maximum absolute atomic E-state index is 12.8. The van der Waals surface area contributed by atoms with Gasteiger partial charge < -0.3 is 39.1 Å². The Morgan fingerprint density at radius 1 is 0.370 bits per heavy atom. The van der Waals surface area contributed by atoms with Gasteiger partial charge in [-0.15, -0.1) is 10.2 Å². The zero-order valence-corrected chi connectivity index (χ0v) is 56.9.